The van der Waals surface area contributed by atoms with Gasteiger partial charge >= 0.3 is 5.97 Å². The Morgan fingerprint density at radius 3 is 2.61 bits per heavy atom. The summed E-state index contributed by atoms with van der Waals surface area (Å²) in [5.41, 5.74) is 8.73. The van der Waals surface area contributed by atoms with Gasteiger partial charge in [-0.3, -0.25) is 9.78 Å². The maximum atomic E-state index is 12.4. The molecule has 2 heterocycles. The van der Waals surface area contributed by atoms with E-state index in [-0.39, 0.29) is 6.54 Å². The lowest BCUT2D eigenvalue weighted by Gasteiger charge is -2.39. The molecule has 0 bridgehead atoms. The van der Waals surface area contributed by atoms with Gasteiger partial charge in [-0.2, -0.15) is 0 Å². The van der Waals surface area contributed by atoms with Crippen LogP contribution in [0.2, 0.25) is 0 Å². The highest BCUT2D eigenvalue weighted by Crippen LogP contribution is 2.40. The van der Waals surface area contributed by atoms with Crippen molar-refractivity contribution in [1.82, 2.24) is 9.88 Å². The van der Waals surface area contributed by atoms with Gasteiger partial charge in [0, 0.05) is 18.1 Å². The molecule has 7 heteroatoms. The summed E-state index contributed by atoms with van der Waals surface area (Å²) in [5.74, 6) is -0.0903. The summed E-state index contributed by atoms with van der Waals surface area (Å²) in [6.45, 7) is 2.74. The Bertz CT molecular complexity index is 1150. The van der Waals surface area contributed by atoms with Crippen LogP contribution in [0.15, 0.2) is 54.7 Å². The number of carboxylic acids is 1. The number of aliphatic hydroxyl groups is 1. The number of aromatic nitrogens is 1. The zero-order chi connectivity index (χ0) is 25.5. The number of methoxy groups -OCH3 is 1. The van der Waals surface area contributed by atoms with Crippen molar-refractivity contribution in [2.45, 2.75) is 51.2 Å². The van der Waals surface area contributed by atoms with Gasteiger partial charge in [0.25, 0.3) is 0 Å². The molecule has 0 spiro atoms. The number of hydrogen-bond donors (Lipinski definition) is 3. The van der Waals surface area contributed by atoms with Gasteiger partial charge in [0.1, 0.15) is 5.75 Å². The van der Waals surface area contributed by atoms with Crippen molar-refractivity contribution >= 4 is 16.9 Å². The molecule has 0 amide bonds. The molecule has 4 rings (SSSR count). The van der Waals surface area contributed by atoms with Crippen LogP contribution in [-0.2, 0) is 17.8 Å². The van der Waals surface area contributed by atoms with E-state index in [1.165, 1.54) is 5.56 Å². The van der Waals surface area contributed by atoms with Crippen LogP contribution < -0.4 is 10.5 Å². The molecule has 1 saturated heterocycles. The fourth-order valence-corrected chi connectivity index (χ4v) is 5.40. The molecule has 7 nitrogen and oxygen atoms in total. The Morgan fingerprint density at radius 1 is 1.19 bits per heavy atom. The number of fused-ring (bicyclic) bond motifs is 1. The van der Waals surface area contributed by atoms with Crippen molar-refractivity contribution in [3.8, 4) is 5.75 Å². The van der Waals surface area contributed by atoms with E-state index in [9.17, 15) is 15.0 Å². The molecule has 0 saturated carbocycles. The second kappa shape index (κ2) is 11.8. The standard InChI is InChI=1S/C29H37N3O4/c1-36-23-9-10-25-24(18-23)27(22(19-30)20-31-25)26(33)11-12-29(28(34)35)13-16-32(17-14-29)15-5-8-21-6-3-2-4-7-21/h2-4,6-7,9-10,18,20,26,33H,5,8,11-17,19,30H2,1H3,(H,34,35). The van der Waals surface area contributed by atoms with E-state index in [1.54, 1.807) is 13.3 Å². The minimum absolute atomic E-state index is 0.245. The largest absolute Gasteiger partial charge is 0.497 e. The minimum Gasteiger partial charge on any atom is -0.497 e. The Kier molecular flexibility index (Phi) is 8.56. The smallest absolute Gasteiger partial charge is 0.309 e. The molecule has 192 valence electrons. The number of carboxylic acid groups (broad SMARTS) is 1. The molecular weight excluding hydrogens is 454 g/mol. The summed E-state index contributed by atoms with van der Waals surface area (Å²) < 4.78 is 5.37. The van der Waals surface area contributed by atoms with E-state index in [1.807, 2.05) is 24.3 Å². The van der Waals surface area contributed by atoms with Crippen molar-refractivity contribution in [2.75, 3.05) is 26.7 Å². The molecule has 1 aliphatic rings. The minimum atomic E-state index is -0.832. The molecule has 0 radical (unpaired) electrons. The van der Waals surface area contributed by atoms with Crippen molar-refractivity contribution < 1.29 is 19.7 Å². The molecule has 1 aromatic heterocycles. The summed E-state index contributed by atoms with van der Waals surface area (Å²) in [5, 5.41) is 22.2. The number of piperidine rings is 1. The zero-order valence-electron chi connectivity index (χ0n) is 21.0. The number of benzene rings is 2. The van der Waals surface area contributed by atoms with Gasteiger partial charge in [0.15, 0.2) is 0 Å². The normalized spacial score (nSPS) is 16.6. The number of pyridine rings is 1. The number of aliphatic carboxylic acids is 1. The Hall–Kier alpha value is -3.00. The van der Waals surface area contributed by atoms with Crippen LogP contribution in [0.1, 0.15) is 54.9 Å². The first-order chi connectivity index (χ1) is 17.5. The second-order valence-electron chi connectivity index (χ2n) is 9.86. The van der Waals surface area contributed by atoms with Crippen molar-refractivity contribution in [2.24, 2.45) is 11.1 Å². The maximum absolute atomic E-state index is 12.4. The van der Waals surface area contributed by atoms with Crippen LogP contribution in [0, 0.1) is 5.41 Å². The summed E-state index contributed by atoms with van der Waals surface area (Å²) in [7, 11) is 1.60. The molecule has 2 aromatic carbocycles. The monoisotopic (exact) mass is 491 g/mol. The first-order valence-corrected chi connectivity index (χ1v) is 12.8. The van der Waals surface area contributed by atoms with Gasteiger partial charge in [0.2, 0.25) is 0 Å². The highest BCUT2D eigenvalue weighted by atomic mass is 16.5. The molecule has 36 heavy (non-hydrogen) atoms. The third kappa shape index (κ3) is 5.86. The number of rotatable bonds is 11. The molecule has 3 aromatic rings. The maximum Gasteiger partial charge on any atom is 0.309 e. The summed E-state index contributed by atoms with van der Waals surface area (Å²) >= 11 is 0. The Balaban J connectivity index is 1.40. The van der Waals surface area contributed by atoms with Gasteiger partial charge in [-0.25, -0.2) is 0 Å². The number of nitrogens with zero attached hydrogens (tertiary/aromatic N) is 2. The number of aryl methyl sites for hydroxylation is 1. The molecule has 4 N–H and O–H groups in total. The number of likely N-dealkylation sites (tertiary alicyclic amines) is 1. The van der Waals surface area contributed by atoms with E-state index in [0.717, 1.165) is 54.5 Å². The fraction of sp³-hybridized carbons (Fsp3) is 0.448. The summed E-state index contributed by atoms with van der Waals surface area (Å²) in [4.78, 5) is 19.2. The highest BCUT2D eigenvalue weighted by Gasteiger charge is 2.41. The van der Waals surface area contributed by atoms with E-state index in [0.29, 0.717) is 31.4 Å². The average Bonchev–Trinajstić information content (AvgIpc) is 2.92. The van der Waals surface area contributed by atoms with Crippen LogP contribution >= 0.6 is 0 Å². The van der Waals surface area contributed by atoms with Gasteiger partial charge in [-0.05, 0) is 93.0 Å². The average molecular weight is 492 g/mol. The lowest BCUT2D eigenvalue weighted by Crippen LogP contribution is -2.44. The van der Waals surface area contributed by atoms with Gasteiger partial charge in [-0.15, -0.1) is 0 Å². The van der Waals surface area contributed by atoms with E-state index in [4.69, 9.17) is 10.5 Å². The quantitative estimate of drug-likeness (QED) is 0.367. The third-order valence-corrected chi connectivity index (χ3v) is 7.70. The van der Waals surface area contributed by atoms with E-state index >= 15 is 0 Å². The lowest BCUT2D eigenvalue weighted by atomic mass is 9.73. The van der Waals surface area contributed by atoms with Gasteiger partial charge in [0.05, 0.1) is 24.1 Å². The van der Waals surface area contributed by atoms with Crippen LogP contribution in [0.3, 0.4) is 0 Å². The molecule has 1 fully saturated rings. The number of ether oxygens (including phenoxy) is 1. The second-order valence-corrected chi connectivity index (χ2v) is 9.86. The van der Waals surface area contributed by atoms with Crippen LogP contribution in [0.4, 0.5) is 0 Å². The zero-order valence-corrected chi connectivity index (χ0v) is 21.0. The number of carbonyl (C=O) groups is 1. The SMILES string of the molecule is COc1ccc2ncc(CN)c(C(O)CCC3(C(=O)O)CCN(CCCc4ccccc4)CC3)c2c1. The van der Waals surface area contributed by atoms with Gasteiger partial charge < -0.3 is 25.6 Å². The molecule has 1 unspecified atom stereocenters. The topological polar surface area (TPSA) is 109 Å². The van der Waals surface area contributed by atoms with E-state index in [2.05, 4.69) is 34.1 Å². The van der Waals surface area contributed by atoms with Crippen molar-refractivity contribution in [3.05, 3.63) is 71.4 Å². The molecule has 1 atom stereocenters. The number of nitrogens with two attached hydrogens (primary N) is 1. The van der Waals surface area contributed by atoms with Crippen LogP contribution in [-0.4, -0.2) is 52.8 Å². The highest BCUT2D eigenvalue weighted by molar-refractivity contribution is 5.85. The van der Waals surface area contributed by atoms with Crippen LogP contribution in [0.5, 0.6) is 5.75 Å². The lowest BCUT2D eigenvalue weighted by molar-refractivity contribution is -0.153. The van der Waals surface area contributed by atoms with Crippen LogP contribution in [0.25, 0.3) is 10.9 Å². The summed E-state index contributed by atoms with van der Waals surface area (Å²) in [6, 6.07) is 16.0. The Labute approximate surface area is 212 Å². The number of hydrogen-bond acceptors (Lipinski definition) is 6. The molecular formula is C29H37N3O4. The number of aliphatic hydroxyl groups excluding tert-OH is 1. The first kappa shape index (κ1) is 26.1. The Morgan fingerprint density at radius 2 is 1.94 bits per heavy atom. The van der Waals surface area contributed by atoms with E-state index < -0.39 is 17.5 Å². The predicted molar refractivity (Wildman–Crippen MR) is 141 cm³/mol. The van der Waals surface area contributed by atoms with Crippen molar-refractivity contribution in [3.63, 3.8) is 0 Å². The molecule has 1 aliphatic heterocycles. The van der Waals surface area contributed by atoms with Gasteiger partial charge in [-0.1, -0.05) is 30.3 Å². The molecule has 0 aliphatic carbocycles. The summed E-state index contributed by atoms with van der Waals surface area (Å²) in [6.07, 6.45) is 4.91. The first-order valence-electron chi connectivity index (χ1n) is 12.8. The predicted octanol–water partition coefficient (Wildman–Crippen LogP) is 4.32. The third-order valence-electron chi connectivity index (χ3n) is 7.70. The van der Waals surface area contributed by atoms with Crippen molar-refractivity contribution in [1.29, 1.82) is 0 Å². The fourth-order valence-electron chi connectivity index (χ4n) is 5.40.